The normalized spacial score (nSPS) is 14.6. The predicted octanol–water partition coefficient (Wildman–Crippen LogP) is 3.89. The number of anilines is 1. The number of benzene rings is 2. The van der Waals surface area contributed by atoms with Crippen LogP contribution in [0.1, 0.15) is 18.4 Å². The van der Waals surface area contributed by atoms with E-state index in [0.29, 0.717) is 23.0 Å². The van der Waals surface area contributed by atoms with E-state index in [2.05, 4.69) is 20.4 Å². The first-order valence-corrected chi connectivity index (χ1v) is 10.6. The van der Waals surface area contributed by atoms with Gasteiger partial charge in [0.15, 0.2) is 0 Å². The molecule has 0 spiro atoms. The van der Waals surface area contributed by atoms with Gasteiger partial charge in [-0.15, -0.1) is 0 Å². The number of aromatic amines is 1. The Morgan fingerprint density at radius 1 is 1.09 bits per heavy atom. The SMILES string of the molecule is CNC1CCN(c2cnc(-c3ccc4[nH]ncc4c3)c(-c3ccc(C#N)c(F)c3)n2)CC1. The number of piperidine rings is 1. The molecule has 0 aliphatic carbocycles. The number of rotatable bonds is 4. The number of aromatic nitrogens is 4. The zero-order valence-corrected chi connectivity index (χ0v) is 17.6. The Kier molecular flexibility index (Phi) is 5.25. The lowest BCUT2D eigenvalue weighted by Gasteiger charge is -2.32. The average molecular weight is 427 g/mol. The monoisotopic (exact) mass is 427 g/mol. The molecule has 7 nitrogen and oxygen atoms in total. The maximum absolute atomic E-state index is 14.5. The molecule has 2 N–H and O–H groups in total. The van der Waals surface area contributed by atoms with Gasteiger partial charge in [-0.25, -0.2) is 9.37 Å². The summed E-state index contributed by atoms with van der Waals surface area (Å²) in [5.74, 6) is 0.204. The molecule has 0 amide bonds. The molecule has 8 heteroatoms. The molecular formula is C24H22FN7. The Morgan fingerprint density at radius 3 is 2.62 bits per heavy atom. The summed E-state index contributed by atoms with van der Waals surface area (Å²) in [7, 11) is 1.99. The summed E-state index contributed by atoms with van der Waals surface area (Å²) < 4.78 is 14.5. The minimum absolute atomic E-state index is 0.00775. The molecular weight excluding hydrogens is 405 g/mol. The summed E-state index contributed by atoms with van der Waals surface area (Å²) in [6.45, 7) is 1.75. The number of H-pyrrole nitrogens is 1. The van der Waals surface area contributed by atoms with E-state index in [0.717, 1.165) is 48.2 Å². The van der Waals surface area contributed by atoms with Crippen LogP contribution in [0.4, 0.5) is 10.2 Å². The second-order valence-corrected chi connectivity index (χ2v) is 7.95. The lowest BCUT2D eigenvalue weighted by molar-refractivity contribution is 0.440. The molecule has 2 aromatic carbocycles. The maximum atomic E-state index is 14.5. The van der Waals surface area contributed by atoms with Crippen molar-refractivity contribution in [1.29, 1.82) is 5.26 Å². The first kappa shape index (κ1) is 20.1. The van der Waals surface area contributed by atoms with E-state index in [-0.39, 0.29) is 5.56 Å². The summed E-state index contributed by atoms with van der Waals surface area (Å²) in [4.78, 5) is 11.9. The fourth-order valence-corrected chi connectivity index (χ4v) is 4.19. The summed E-state index contributed by atoms with van der Waals surface area (Å²) in [6.07, 6.45) is 5.60. The minimum atomic E-state index is -0.566. The van der Waals surface area contributed by atoms with Crippen LogP contribution in [0.3, 0.4) is 0 Å². The van der Waals surface area contributed by atoms with Gasteiger partial charge in [0.2, 0.25) is 0 Å². The molecule has 0 saturated carbocycles. The van der Waals surface area contributed by atoms with E-state index in [1.54, 1.807) is 18.5 Å². The van der Waals surface area contributed by atoms with Crippen LogP contribution in [0, 0.1) is 17.1 Å². The van der Waals surface area contributed by atoms with Gasteiger partial charge in [-0.2, -0.15) is 10.4 Å². The largest absolute Gasteiger partial charge is 0.355 e. The number of hydrogen-bond donors (Lipinski definition) is 2. The molecule has 160 valence electrons. The molecule has 0 bridgehead atoms. The Bertz CT molecular complexity index is 1320. The second kappa shape index (κ2) is 8.36. The molecule has 3 heterocycles. The fraction of sp³-hybridized carbons (Fsp3) is 0.250. The van der Waals surface area contributed by atoms with E-state index < -0.39 is 5.82 Å². The van der Waals surface area contributed by atoms with Crippen molar-refractivity contribution in [3.8, 4) is 28.6 Å². The standard InChI is InChI=1S/C24H22FN7/c1-27-19-6-8-32(9-7-19)22-14-28-23(15-4-5-21-18(10-15)13-29-31-21)24(30-22)16-2-3-17(12-26)20(25)11-16/h2-5,10-11,13-14,19,27H,6-9H2,1H3,(H,29,31). The van der Waals surface area contributed by atoms with E-state index in [1.165, 1.54) is 12.1 Å². The molecule has 1 fully saturated rings. The second-order valence-electron chi connectivity index (χ2n) is 7.95. The van der Waals surface area contributed by atoms with Crippen molar-refractivity contribution in [3.05, 3.63) is 60.2 Å². The predicted molar refractivity (Wildman–Crippen MR) is 122 cm³/mol. The zero-order chi connectivity index (χ0) is 22.1. The summed E-state index contributed by atoms with van der Waals surface area (Å²) in [5.41, 5.74) is 3.63. The summed E-state index contributed by atoms with van der Waals surface area (Å²) in [6, 6.07) is 12.8. The number of nitriles is 1. The van der Waals surface area contributed by atoms with Crippen molar-refractivity contribution in [2.24, 2.45) is 0 Å². The molecule has 0 unspecified atom stereocenters. The first-order valence-electron chi connectivity index (χ1n) is 10.6. The first-order chi connectivity index (χ1) is 15.7. The van der Waals surface area contributed by atoms with Crippen LogP contribution >= 0.6 is 0 Å². The number of fused-ring (bicyclic) bond motifs is 1. The third-order valence-corrected chi connectivity index (χ3v) is 6.06. The van der Waals surface area contributed by atoms with Crippen molar-refractivity contribution < 1.29 is 4.39 Å². The third kappa shape index (κ3) is 3.67. The van der Waals surface area contributed by atoms with Gasteiger partial charge in [0, 0.05) is 35.6 Å². The molecule has 32 heavy (non-hydrogen) atoms. The molecule has 1 saturated heterocycles. The van der Waals surface area contributed by atoms with Crippen LogP contribution in [0.15, 0.2) is 48.8 Å². The summed E-state index contributed by atoms with van der Waals surface area (Å²) >= 11 is 0. The van der Waals surface area contributed by atoms with Gasteiger partial charge in [-0.3, -0.25) is 10.1 Å². The van der Waals surface area contributed by atoms with Crippen molar-refractivity contribution in [2.75, 3.05) is 25.0 Å². The van der Waals surface area contributed by atoms with Gasteiger partial charge in [0.25, 0.3) is 0 Å². The number of halogens is 1. The molecule has 2 aromatic heterocycles. The van der Waals surface area contributed by atoms with Crippen molar-refractivity contribution in [3.63, 3.8) is 0 Å². The van der Waals surface area contributed by atoms with Crippen LogP contribution in [0.25, 0.3) is 33.4 Å². The van der Waals surface area contributed by atoms with E-state index in [1.807, 2.05) is 31.3 Å². The quantitative estimate of drug-likeness (QED) is 0.513. The number of nitrogens with zero attached hydrogens (tertiary/aromatic N) is 5. The van der Waals surface area contributed by atoms with Crippen LogP contribution in [0.5, 0.6) is 0 Å². The van der Waals surface area contributed by atoms with Gasteiger partial charge in [0.05, 0.1) is 34.9 Å². The van der Waals surface area contributed by atoms with Crippen LogP contribution in [-0.2, 0) is 0 Å². The Hall–Kier alpha value is -3.83. The van der Waals surface area contributed by atoms with Gasteiger partial charge in [-0.05, 0) is 44.2 Å². The fourth-order valence-electron chi connectivity index (χ4n) is 4.19. The highest BCUT2D eigenvalue weighted by molar-refractivity contribution is 5.87. The van der Waals surface area contributed by atoms with Crippen molar-refractivity contribution >= 4 is 16.7 Å². The van der Waals surface area contributed by atoms with Crippen LogP contribution in [-0.4, -0.2) is 46.3 Å². The van der Waals surface area contributed by atoms with Gasteiger partial charge in [0.1, 0.15) is 17.7 Å². The maximum Gasteiger partial charge on any atom is 0.147 e. The minimum Gasteiger partial charge on any atom is -0.355 e. The average Bonchev–Trinajstić information content (AvgIpc) is 3.32. The van der Waals surface area contributed by atoms with Crippen molar-refractivity contribution in [2.45, 2.75) is 18.9 Å². The zero-order valence-electron chi connectivity index (χ0n) is 17.6. The molecule has 5 rings (SSSR count). The highest BCUT2D eigenvalue weighted by Gasteiger charge is 2.21. The van der Waals surface area contributed by atoms with Gasteiger partial charge >= 0.3 is 0 Å². The molecule has 0 atom stereocenters. The summed E-state index contributed by atoms with van der Waals surface area (Å²) in [5, 5.41) is 20.4. The van der Waals surface area contributed by atoms with Crippen molar-refractivity contribution in [1.82, 2.24) is 25.5 Å². The highest BCUT2D eigenvalue weighted by atomic mass is 19.1. The Balaban J connectivity index is 1.61. The molecule has 1 aliphatic rings. The lowest BCUT2D eigenvalue weighted by Crippen LogP contribution is -2.41. The molecule has 0 radical (unpaired) electrons. The highest BCUT2D eigenvalue weighted by Crippen LogP contribution is 2.33. The van der Waals surface area contributed by atoms with Gasteiger partial charge in [-0.1, -0.05) is 12.1 Å². The van der Waals surface area contributed by atoms with E-state index in [4.69, 9.17) is 15.2 Å². The Morgan fingerprint density at radius 2 is 1.88 bits per heavy atom. The van der Waals surface area contributed by atoms with E-state index in [9.17, 15) is 4.39 Å². The molecule has 1 aliphatic heterocycles. The smallest absolute Gasteiger partial charge is 0.147 e. The van der Waals surface area contributed by atoms with Gasteiger partial charge < -0.3 is 10.2 Å². The van der Waals surface area contributed by atoms with Crippen LogP contribution in [0.2, 0.25) is 0 Å². The molecule has 4 aromatic rings. The topological polar surface area (TPSA) is 93.5 Å². The van der Waals surface area contributed by atoms with Crippen LogP contribution < -0.4 is 10.2 Å². The Labute approximate surface area is 184 Å². The number of hydrogen-bond acceptors (Lipinski definition) is 6. The van der Waals surface area contributed by atoms with E-state index >= 15 is 0 Å². The third-order valence-electron chi connectivity index (χ3n) is 6.06. The number of nitrogens with one attached hydrogen (secondary N) is 2. The lowest BCUT2D eigenvalue weighted by atomic mass is 10.0.